The molecule has 1 fully saturated rings. The molecule has 13 heteroatoms. The number of carbonyl (C=O) groups excluding carboxylic acids is 1. The Kier molecular flexibility index (Phi) is 6.52. The summed E-state index contributed by atoms with van der Waals surface area (Å²) in [6, 6.07) is 10.6. The van der Waals surface area contributed by atoms with Gasteiger partial charge in [-0.25, -0.2) is 18.6 Å². The lowest BCUT2D eigenvalue weighted by molar-refractivity contribution is -0.140. The lowest BCUT2D eigenvalue weighted by Crippen LogP contribution is -2.55. The Balaban J connectivity index is 1.41. The molecule has 5 rings (SSSR count). The number of pyridine rings is 1. The Bertz CT molecular complexity index is 1560. The average Bonchev–Trinajstić information content (AvgIpc) is 3.22. The molecule has 2 aromatic carbocycles. The zero-order valence-corrected chi connectivity index (χ0v) is 20.8. The zero-order chi connectivity index (χ0) is 28.1. The van der Waals surface area contributed by atoms with E-state index in [0.717, 1.165) is 0 Å². The summed E-state index contributed by atoms with van der Waals surface area (Å²) in [7, 11) is 1.52. The van der Waals surface area contributed by atoms with E-state index in [4.69, 9.17) is 0 Å². The van der Waals surface area contributed by atoms with Crippen molar-refractivity contribution in [1.82, 2.24) is 19.7 Å². The summed E-state index contributed by atoms with van der Waals surface area (Å²) in [6.45, 7) is 3.24. The number of phenolic OH excluding ortho intramolecular Hbond substituents is 1. The first-order valence-corrected chi connectivity index (χ1v) is 11.9. The molecule has 3 heterocycles. The van der Waals surface area contributed by atoms with E-state index in [0.29, 0.717) is 42.7 Å². The first-order chi connectivity index (χ1) is 18.5. The number of aromatic hydroxyl groups is 1. The van der Waals surface area contributed by atoms with Crippen LogP contribution in [0.5, 0.6) is 5.75 Å². The molecule has 0 radical (unpaired) electrons. The lowest BCUT2D eigenvalue weighted by atomic mass is 10.0. The Hall–Kier alpha value is -4.42. The molecule has 0 spiro atoms. The van der Waals surface area contributed by atoms with E-state index in [1.165, 1.54) is 17.9 Å². The van der Waals surface area contributed by atoms with Crippen LogP contribution in [0.2, 0.25) is 0 Å². The number of nitrogens with one attached hydrogen (secondary N) is 1. The van der Waals surface area contributed by atoms with Gasteiger partial charge in [0.2, 0.25) is 0 Å². The quantitative estimate of drug-likeness (QED) is 0.337. The SMILES string of the molecule is CC1CN(c2cc3c(cn2)c(-c2cc(C(F)(F)F)c(F)c(O)c2F)nn3C)CCN1C(=O)Nc1ccccc1. The molecular weight excluding hydrogens is 523 g/mol. The number of rotatable bonds is 3. The molecule has 0 saturated carbocycles. The van der Waals surface area contributed by atoms with Gasteiger partial charge in [-0.2, -0.15) is 18.3 Å². The van der Waals surface area contributed by atoms with Gasteiger partial charge in [-0.05, 0) is 25.1 Å². The Morgan fingerprint density at radius 1 is 1.10 bits per heavy atom. The summed E-state index contributed by atoms with van der Waals surface area (Å²) >= 11 is 0. The van der Waals surface area contributed by atoms with Crippen LogP contribution in [0.1, 0.15) is 12.5 Å². The van der Waals surface area contributed by atoms with E-state index in [9.17, 15) is 31.9 Å². The van der Waals surface area contributed by atoms with Crippen LogP contribution in [0, 0.1) is 11.6 Å². The Morgan fingerprint density at radius 2 is 1.82 bits per heavy atom. The molecule has 39 heavy (non-hydrogen) atoms. The van der Waals surface area contributed by atoms with Gasteiger partial charge in [-0.15, -0.1) is 0 Å². The number of aromatic nitrogens is 3. The highest BCUT2D eigenvalue weighted by atomic mass is 19.4. The summed E-state index contributed by atoms with van der Waals surface area (Å²) < 4.78 is 70.0. The molecule has 0 aliphatic carbocycles. The van der Waals surface area contributed by atoms with Crippen molar-refractivity contribution < 1.29 is 31.9 Å². The highest BCUT2D eigenvalue weighted by molar-refractivity contribution is 5.94. The van der Waals surface area contributed by atoms with Gasteiger partial charge in [-0.1, -0.05) is 18.2 Å². The van der Waals surface area contributed by atoms with Gasteiger partial charge in [0, 0.05) is 61.6 Å². The van der Waals surface area contributed by atoms with E-state index >= 15 is 0 Å². The number of amides is 2. The topological polar surface area (TPSA) is 86.5 Å². The number of halogens is 5. The first-order valence-electron chi connectivity index (χ1n) is 11.9. The second-order valence-electron chi connectivity index (χ2n) is 9.26. The van der Waals surface area contributed by atoms with Gasteiger partial charge in [-0.3, -0.25) is 4.68 Å². The maximum absolute atomic E-state index is 14.7. The van der Waals surface area contributed by atoms with Crippen molar-refractivity contribution in [3.8, 4) is 17.0 Å². The molecule has 2 amide bonds. The molecule has 204 valence electrons. The number of alkyl halides is 3. The molecule has 1 saturated heterocycles. The number of piperazine rings is 1. The number of hydrogen-bond acceptors (Lipinski definition) is 5. The minimum absolute atomic E-state index is 0.167. The fourth-order valence-corrected chi connectivity index (χ4v) is 4.70. The van der Waals surface area contributed by atoms with Crippen LogP contribution in [0.15, 0.2) is 48.7 Å². The van der Waals surface area contributed by atoms with E-state index in [-0.39, 0.29) is 23.2 Å². The number of fused-ring (bicyclic) bond motifs is 1. The van der Waals surface area contributed by atoms with Gasteiger partial charge >= 0.3 is 12.2 Å². The molecule has 1 unspecified atom stereocenters. The predicted octanol–water partition coefficient (Wildman–Crippen LogP) is 5.38. The average molecular weight is 547 g/mol. The number of anilines is 2. The number of phenols is 1. The van der Waals surface area contributed by atoms with Crippen LogP contribution >= 0.6 is 0 Å². The fourth-order valence-electron chi connectivity index (χ4n) is 4.70. The fraction of sp³-hybridized carbons (Fsp3) is 0.269. The van der Waals surface area contributed by atoms with Crippen molar-refractivity contribution >= 4 is 28.4 Å². The summed E-state index contributed by atoms with van der Waals surface area (Å²) in [5.41, 5.74) is -1.61. The minimum Gasteiger partial charge on any atom is -0.503 e. The number of nitrogens with zero attached hydrogens (tertiary/aromatic N) is 5. The second-order valence-corrected chi connectivity index (χ2v) is 9.26. The van der Waals surface area contributed by atoms with Crippen LogP contribution in [0.4, 0.5) is 38.3 Å². The van der Waals surface area contributed by atoms with Crippen LogP contribution in [0.3, 0.4) is 0 Å². The predicted molar refractivity (Wildman–Crippen MR) is 134 cm³/mol. The van der Waals surface area contributed by atoms with Gasteiger partial charge in [0.05, 0.1) is 11.1 Å². The van der Waals surface area contributed by atoms with Crippen molar-refractivity contribution in [3.05, 3.63) is 65.9 Å². The molecule has 1 atom stereocenters. The molecule has 1 aliphatic heterocycles. The minimum atomic E-state index is -5.16. The lowest BCUT2D eigenvalue weighted by Gasteiger charge is -2.40. The molecule has 8 nitrogen and oxygen atoms in total. The number of hydrogen-bond donors (Lipinski definition) is 2. The van der Waals surface area contributed by atoms with Crippen LogP contribution in [-0.4, -0.2) is 56.5 Å². The molecule has 1 aliphatic rings. The third kappa shape index (κ3) is 4.79. The van der Waals surface area contributed by atoms with Crippen molar-refractivity contribution in [3.63, 3.8) is 0 Å². The number of para-hydroxylation sites is 1. The van der Waals surface area contributed by atoms with E-state index < -0.39 is 34.7 Å². The van der Waals surface area contributed by atoms with Gasteiger partial charge in [0.15, 0.2) is 17.4 Å². The Morgan fingerprint density at radius 3 is 2.49 bits per heavy atom. The number of aryl methyl sites for hydroxylation is 1. The zero-order valence-electron chi connectivity index (χ0n) is 20.8. The number of urea groups is 1. The highest BCUT2D eigenvalue weighted by Gasteiger charge is 2.38. The molecule has 0 bridgehead atoms. The monoisotopic (exact) mass is 546 g/mol. The third-order valence-electron chi connectivity index (χ3n) is 6.70. The summed E-state index contributed by atoms with van der Waals surface area (Å²) in [5, 5.41) is 16.9. The maximum Gasteiger partial charge on any atom is 0.419 e. The van der Waals surface area contributed by atoms with Crippen molar-refractivity contribution in [2.24, 2.45) is 7.05 Å². The number of carbonyl (C=O) groups is 1. The van der Waals surface area contributed by atoms with Crippen LogP contribution in [0.25, 0.3) is 22.2 Å². The normalized spacial score (nSPS) is 16.1. The summed E-state index contributed by atoms with van der Waals surface area (Å²) in [6.07, 6.45) is -3.81. The highest BCUT2D eigenvalue weighted by Crippen LogP contribution is 2.41. The van der Waals surface area contributed by atoms with Crippen molar-refractivity contribution in [2.45, 2.75) is 19.1 Å². The van der Waals surface area contributed by atoms with E-state index in [1.807, 2.05) is 30.0 Å². The van der Waals surface area contributed by atoms with Crippen molar-refractivity contribution in [2.75, 3.05) is 29.9 Å². The van der Waals surface area contributed by atoms with Crippen molar-refractivity contribution in [1.29, 1.82) is 0 Å². The van der Waals surface area contributed by atoms with Crippen LogP contribution < -0.4 is 10.2 Å². The van der Waals surface area contributed by atoms with Gasteiger partial charge < -0.3 is 20.2 Å². The molecule has 2 aromatic heterocycles. The Labute approximate surface area is 219 Å². The second kappa shape index (κ2) is 9.71. The van der Waals surface area contributed by atoms with Gasteiger partial charge in [0.25, 0.3) is 0 Å². The standard InChI is InChI=1S/C26H23F5N6O2/c1-14-13-36(8-9-37(14)25(39)33-15-6-4-3-5-7-15)20-11-19-17(12-32-20)23(34-35(19)2)16-10-18(26(29,30)31)22(28)24(38)21(16)27/h3-7,10-12,14,38H,8-9,13H2,1-2H3,(H,33,39). The van der Waals surface area contributed by atoms with E-state index in [2.05, 4.69) is 15.4 Å². The third-order valence-corrected chi connectivity index (χ3v) is 6.70. The smallest absolute Gasteiger partial charge is 0.419 e. The van der Waals surface area contributed by atoms with Gasteiger partial charge in [0.1, 0.15) is 11.5 Å². The maximum atomic E-state index is 14.7. The molecular formula is C26H23F5N6O2. The molecule has 4 aromatic rings. The summed E-state index contributed by atoms with van der Waals surface area (Å²) in [5.74, 6) is -4.84. The first kappa shape index (κ1) is 26.2. The van der Waals surface area contributed by atoms with E-state index in [1.54, 1.807) is 23.1 Å². The van der Waals surface area contributed by atoms with Crippen LogP contribution in [-0.2, 0) is 13.2 Å². The number of benzene rings is 2. The summed E-state index contributed by atoms with van der Waals surface area (Å²) in [4.78, 5) is 20.8. The molecule has 2 N–H and O–H groups in total. The largest absolute Gasteiger partial charge is 0.503 e.